The number of hydrogen-bond acceptors (Lipinski definition) is 5. The lowest BCUT2D eigenvalue weighted by Gasteiger charge is -2.09. The standard InChI is InChI=1S/C14H24N4O2/c1-11(2)5-8-20-9-7-16-10-12-4-3-6-17-13(12)14(15)18-19/h3-4,6,11,16,19H,5,7-10H2,1-2H3,(H2,15,18). The van der Waals surface area contributed by atoms with Gasteiger partial charge in [0.25, 0.3) is 0 Å². The minimum absolute atomic E-state index is 0.0237. The number of ether oxygens (including phenoxy) is 1. The van der Waals surface area contributed by atoms with Crippen LogP contribution in [0, 0.1) is 5.92 Å². The summed E-state index contributed by atoms with van der Waals surface area (Å²) in [5.41, 5.74) is 6.97. The topological polar surface area (TPSA) is 92.8 Å². The van der Waals surface area contributed by atoms with Crippen molar-refractivity contribution in [1.82, 2.24) is 10.3 Å². The van der Waals surface area contributed by atoms with Gasteiger partial charge in [0, 0.05) is 25.9 Å². The number of nitrogens with zero attached hydrogens (tertiary/aromatic N) is 2. The van der Waals surface area contributed by atoms with Crippen LogP contribution in [0.3, 0.4) is 0 Å². The molecule has 1 rings (SSSR count). The highest BCUT2D eigenvalue weighted by Gasteiger charge is 2.07. The van der Waals surface area contributed by atoms with Crippen LogP contribution in [0.5, 0.6) is 0 Å². The third kappa shape index (κ3) is 5.99. The highest BCUT2D eigenvalue weighted by atomic mass is 16.5. The van der Waals surface area contributed by atoms with Gasteiger partial charge < -0.3 is 21.0 Å². The van der Waals surface area contributed by atoms with E-state index >= 15 is 0 Å². The van der Waals surface area contributed by atoms with Gasteiger partial charge in [0.2, 0.25) is 0 Å². The quantitative estimate of drug-likeness (QED) is 0.209. The van der Waals surface area contributed by atoms with Crippen molar-refractivity contribution in [2.24, 2.45) is 16.8 Å². The number of aromatic nitrogens is 1. The summed E-state index contributed by atoms with van der Waals surface area (Å²) < 4.78 is 5.51. The Balaban J connectivity index is 2.29. The molecule has 0 amide bonds. The van der Waals surface area contributed by atoms with Crippen LogP contribution in [0.25, 0.3) is 0 Å². The molecule has 1 heterocycles. The molecule has 0 radical (unpaired) electrons. The Hall–Kier alpha value is -1.66. The molecule has 0 aliphatic rings. The van der Waals surface area contributed by atoms with E-state index in [2.05, 4.69) is 29.3 Å². The van der Waals surface area contributed by atoms with Gasteiger partial charge in [-0.2, -0.15) is 0 Å². The number of amidine groups is 1. The molecule has 4 N–H and O–H groups in total. The van der Waals surface area contributed by atoms with Crippen LogP contribution >= 0.6 is 0 Å². The first-order chi connectivity index (χ1) is 9.65. The van der Waals surface area contributed by atoms with Gasteiger partial charge in [-0.25, -0.2) is 0 Å². The van der Waals surface area contributed by atoms with Crippen molar-refractivity contribution < 1.29 is 9.94 Å². The summed E-state index contributed by atoms with van der Waals surface area (Å²) in [5.74, 6) is 0.692. The van der Waals surface area contributed by atoms with E-state index in [4.69, 9.17) is 15.7 Å². The Morgan fingerprint density at radius 2 is 2.30 bits per heavy atom. The first kappa shape index (κ1) is 16.4. The number of nitrogens with two attached hydrogens (primary N) is 1. The number of nitrogens with one attached hydrogen (secondary N) is 1. The van der Waals surface area contributed by atoms with Gasteiger partial charge in [-0.3, -0.25) is 4.98 Å². The molecule has 0 aromatic carbocycles. The fourth-order valence-corrected chi connectivity index (χ4v) is 1.65. The molecular weight excluding hydrogens is 256 g/mol. The molecule has 0 spiro atoms. The van der Waals surface area contributed by atoms with Crippen LogP contribution in [-0.2, 0) is 11.3 Å². The van der Waals surface area contributed by atoms with Crippen molar-refractivity contribution in [1.29, 1.82) is 0 Å². The average Bonchev–Trinajstić information content (AvgIpc) is 2.45. The fraction of sp³-hybridized carbons (Fsp3) is 0.571. The van der Waals surface area contributed by atoms with E-state index in [0.717, 1.165) is 25.1 Å². The molecule has 0 aliphatic carbocycles. The molecule has 6 heteroatoms. The third-order valence-corrected chi connectivity index (χ3v) is 2.82. The highest BCUT2D eigenvalue weighted by Crippen LogP contribution is 2.04. The van der Waals surface area contributed by atoms with E-state index < -0.39 is 0 Å². The minimum atomic E-state index is 0.0237. The van der Waals surface area contributed by atoms with E-state index in [1.54, 1.807) is 6.20 Å². The van der Waals surface area contributed by atoms with Gasteiger partial charge in [0.1, 0.15) is 5.69 Å². The summed E-state index contributed by atoms with van der Waals surface area (Å²) in [6.45, 7) is 7.18. The zero-order valence-corrected chi connectivity index (χ0v) is 12.2. The molecule has 20 heavy (non-hydrogen) atoms. The van der Waals surface area contributed by atoms with Crippen molar-refractivity contribution in [2.75, 3.05) is 19.8 Å². The Kier molecular flexibility index (Phi) is 7.60. The van der Waals surface area contributed by atoms with Crippen LogP contribution in [0.15, 0.2) is 23.5 Å². The van der Waals surface area contributed by atoms with Gasteiger partial charge in [0.05, 0.1) is 6.61 Å². The summed E-state index contributed by atoms with van der Waals surface area (Å²) in [4.78, 5) is 4.11. The predicted octanol–water partition coefficient (Wildman–Crippen LogP) is 1.33. The van der Waals surface area contributed by atoms with Crippen molar-refractivity contribution in [3.63, 3.8) is 0 Å². The second-order valence-electron chi connectivity index (χ2n) is 4.97. The zero-order chi connectivity index (χ0) is 14.8. The SMILES string of the molecule is CC(C)CCOCCNCc1cccnc1C(N)=NO. The molecule has 1 aromatic heterocycles. The second-order valence-corrected chi connectivity index (χ2v) is 4.97. The van der Waals surface area contributed by atoms with Crippen LogP contribution in [0.2, 0.25) is 0 Å². The first-order valence-corrected chi connectivity index (χ1v) is 6.85. The molecule has 0 saturated heterocycles. The fourth-order valence-electron chi connectivity index (χ4n) is 1.65. The number of rotatable bonds is 9. The molecule has 6 nitrogen and oxygen atoms in total. The second kappa shape index (κ2) is 9.28. The van der Waals surface area contributed by atoms with Gasteiger partial charge in [-0.1, -0.05) is 25.1 Å². The lowest BCUT2D eigenvalue weighted by Crippen LogP contribution is -2.23. The van der Waals surface area contributed by atoms with Gasteiger partial charge >= 0.3 is 0 Å². The molecule has 0 saturated carbocycles. The maximum absolute atomic E-state index is 8.71. The van der Waals surface area contributed by atoms with E-state index in [0.29, 0.717) is 24.8 Å². The average molecular weight is 280 g/mol. The number of hydrogen-bond donors (Lipinski definition) is 3. The van der Waals surface area contributed by atoms with Crippen molar-refractivity contribution in [3.8, 4) is 0 Å². The smallest absolute Gasteiger partial charge is 0.189 e. The zero-order valence-electron chi connectivity index (χ0n) is 12.2. The lowest BCUT2D eigenvalue weighted by atomic mass is 10.1. The maximum Gasteiger partial charge on any atom is 0.189 e. The normalized spacial score (nSPS) is 12.1. The molecule has 0 bridgehead atoms. The minimum Gasteiger partial charge on any atom is -0.409 e. The Morgan fingerprint density at radius 1 is 1.50 bits per heavy atom. The molecular formula is C14H24N4O2. The van der Waals surface area contributed by atoms with E-state index in [1.807, 2.05) is 12.1 Å². The molecule has 0 unspecified atom stereocenters. The summed E-state index contributed by atoms with van der Waals surface area (Å²) in [6.07, 6.45) is 2.70. The first-order valence-electron chi connectivity index (χ1n) is 6.85. The number of oxime groups is 1. The lowest BCUT2D eigenvalue weighted by molar-refractivity contribution is 0.125. The maximum atomic E-state index is 8.71. The van der Waals surface area contributed by atoms with Gasteiger partial charge in [0.15, 0.2) is 5.84 Å². The molecule has 0 fully saturated rings. The van der Waals surface area contributed by atoms with Crippen LogP contribution in [0.4, 0.5) is 0 Å². The summed E-state index contributed by atoms with van der Waals surface area (Å²) >= 11 is 0. The van der Waals surface area contributed by atoms with Crippen LogP contribution in [-0.4, -0.2) is 35.8 Å². The van der Waals surface area contributed by atoms with E-state index in [9.17, 15) is 0 Å². The van der Waals surface area contributed by atoms with Crippen molar-refractivity contribution >= 4 is 5.84 Å². The van der Waals surface area contributed by atoms with Crippen molar-refractivity contribution in [3.05, 3.63) is 29.6 Å². The molecule has 0 aliphatic heterocycles. The van der Waals surface area contributed by atoms with Crippen molar-refractivity contribution in [2.45, 2.75) is 26.8 Å². The van der Waals surface area contributed by atoms with Gasteiger partial charge in [-0.05, 0) is 24.0 Å². The Morgan fingerprint density at radius 3 is 3.00 bits per heavy atom. The Labute approximate surface area is 120 Å². The van der Waals surface area contributed by atoms with Crippen LogP contribution in [0.1, 0.15) is 31.5 Å². The largest absolute Gasteiger partial charge is 0.409 e. The number of pyridine rings is 1. The molecule has 0 atom stereocenters. The summed E-state index contributed by atoms with van der Waals surface area (Å²) in [5, 5.41) is 14.9. The van der Waals surface area contributed by atoms with Gasteiger partial charge in [-0.15, -0.1) is 0 Å². The molecule has 112 valence electrons. The third-order valence-electron chi connectivity index (χ3n) is 2.82. The summed E-state index contributed by atoms with van der Waals surface area (Å²) in [6, 6.07) is 3.72. The Bertz CT molecular complexity index is 421. The highest BCUT2D eigenvalue weighted by molar-refractivity contribution is 5.96. The molecule has 1 aromatic rings. The summed E-state index contributed by atoms with van der Waals surface area (Å²) in [7, 11) is 0. The monoisotopic (exact) mass is 280 g/mol. The predicted molar refractivity (Wildman–Crippen MR) is 78.7 cm³/mol. The van der Waals surface area contributed by atoms with E-state index in [1.165, 1.54) is 0 Å². The van der Waals surface area contributed by atoms with E-state index in [-0.39, 0.29) is 5.84 Å². The van der Waals surface area contributed by atoms with Crippen LogP contribution < -0.4 is 11.1 Å².